The number of para-hydroxylation sites is 1. The first kappa shape index (κ1) is 15.5. The standard InChI is InChI=1S/C14H10Br2N2O3/c15-9-5-8(13(19)20)6-10(7-9)17-14(21)18-12-4-2-1-3-11(12)16/h1-7H,(H,19,20)(H2,17,18,21). The molecule has 2 rings (SSSR count). The Hall–Kier alpha value is -1.86. The number of amides is 2. The van der Waals surface area contributed by atoms with Gasteiger partial charge in [0, 0.05) is 14.6 Å². The Morgan fingerprint density at radius 2 is 1.71 bits per heavy atom. The Morgan fingerprint density at radius 3 is 2.38 bits per heavy atom. The summed E-state index contributed by atoms with van der Waals surface area (Å²) < 4.78 is 1.32. The first-order valence-corrected chi connectivity index (χ1v) is 7.41. The zero-order valence-electron chi connectivity index (χ0n) is 10.6. The third-order valence-corrected chi connectivity index (χ3v) is 3.67. The van der Waals surface area contributed by atoms with Crippen LogP contribution in [0.2, 0.25) is 0 Å². The van der Waals surface area contributed by atoms with Crippen LogP contribution in [0.4, 0.5) is 16.2 Å². The van der Waals surface area contributed by atoms with Gasteiger partial charge in [-0.1, -0.05) is 28.1 Å². The van der Waals surface area contributed by atoms with Crippen LogP contribution in [-0.2, 0) is 0 Å². The number of hydrogen-bond acceptors (Lipinski definition) is 2. The highest BCUT2D eigenvalue weighted by Crippen LogP contribution is 2.23. The summed E-state index contributed by atoms with van der Waals surface area (Å²) >= 11 is 6.53. The van der Waals surface area contributed by atoms with Crippen molar-refractivity contribution in [3.63, 3.8) is 0 Å². The van der Waals surface area contributed by atoms with Crippen molar-refractivity contribution in [1.82, 2.24) is 0 Å². The summed E-state index contributed by atoms with van der Waals surface area (Å²) in [6.07, 6.45) is 0. The second-order valence-electron chi connectivity index (χ2n) is 4.09. The van der Waals surface area contributed by atoms with Crippen molar-refractivity contribution in [2.75, 3.05) is 10.6 Å². The molecule has 3 N–H and O–H groups in total. The van der Waals surface area contributed by atoms with E-state index in [1.807, 2.05) is 6.07 Å². The van der Waals surface area contributed by atoms with Gasteiger partial charge in [-0.05, 0) is 46.3 Å². The van der Waals surface area contributed by atoms with Crippen molar-refractivity contribution in [1.29, 1.82) is 0 Å². The molecule has 7 heteroatoms. The number of anilines is 2. The fraction of sp³-hybridized carbons (Fsp3) is 0. The van der Waals surface area contributed by atoms with E-state index < -0.39 is 12.0 Å². The lowest BCUT2D eigenvalue weighted by Gasteiger charge is -2.10. The topological polar surface area (TPSA) is 78.4 Å². The smallest absolute Gasteiger partial charge is 0.335 e. The van der Waals surface area contributed by atoms with E-state index in [9.17, 15) is 9.59 Å². The predicted molar refractivity (Wildman–Crippen MR) is 87.9 cm³/mol. The largest absolute Gasteiger partial charge is 0.478 e. The van der Waals surface area contributed by atoms with Gasteiger partial charge in [-0.25, -0.2) is 9.59 Å². The second-order valence-corrected chi connectivity index (χ2v) is 5.86. The second kappa shape index (κ2) is 6.73. The molecule has 0 aromatic heterocycles. The van der Waals surface area contributed by atoms with Gasteiger partial charge in [0.2, 0.25) is 0 Å². The molecule has 0 aliphatic carbocycles. The average Bonchev–Trinajstić information content (AvgIpc) is 2.40. The number of aromatic carboxylic acids is 1. The number of nitrogens with one attached hydrogen (secondary N) is 2. The Labute approximate surface area is 137 Å². The number of urea groups is 1. The zero-order valence-corrected chi connectivity index (χ0v) is 13.7. The van der Waals surface area contributed by atoms with Gasteiger partial charge in [0.15, 0.2) is 0 Å². The number of carbonyl (C=O) groups is 2. The lowest BCUT2D eigenvalue weighted by Crippen LogP contribution is -2.19. The van der Waals surface area contributed by atoms with Gasteiger partial charge in [0.1, 0.15) is 0 Å². The SMILES string of the molecule is O=C(Nc1cc(Br)cc(C(=O)O)c1)Nc1ccccc1Br. The summed E-state index contributed by atoms with van der Waals surface area (Å²) in [5.74, 6) is -1.06. The molecule has 2 amide bonds. The van der Waals surface area contributed by atoms with Crippen molar-refractivity contribution < 1.29 is 14.7 Å². The van der Waals surface area contributed by atoms with Crippen LogP contribution in [0, 0.1) is 0 Å². The Balaban J connectivity index is 2.13. The Morgan fingerprint density at radius 1 is 1.00 bits per heavy atom. The summed E-state index contributed by atoms with van der Waals surface area (Å²) in [6.45, 7) is 0. The minimum absolute atomic E-state index is 0.0839. The van der Waals surface area contributed by atoms with Gasteiger partial charge < -0.3 is 15.7 Å². The van der Waals surface area contributed by atoms with Crippen LogP contribution >= 0.6 is 31.9 Å². The van der Waals surface area contributed by atoms with Gasteiger partial charge in [-0.2, -0.15) is 0 Å². The number of benzene rings is 2. The first-order chi connectivity index (χ1) is 9.95. The third-order valence-electron chi connectivity index (χ3n) is 2.52. The van der Waals surface area contributed by atoms with Crippen molar-refractivity contribution >= 4 is 55.2 Å². The third kappa shape index (κ3) is 4.30. The molecular weight excluding hydrogens is 404 g/mol. The molecular formula is C14H10Br2N2O3. The molecule has 0 unspecified atom stereocenters. The van der Waals surface area contributed by atoms with Crippen molar-refractivity contribution in [3.8, 4) is 0 Å². The normalized spacial score (nSPS) is 10.0. The van der Waals surface area contributed by atoms with Crippen molar-refractivity contribution in [2.45, 2.75) is 0 Å². The van der Waals surface area contributed by atoms with E-state index >= 15 is 0 Å². The molecule has 0 saturated heterocycles. The van der Waals surface area contributed by atoms with E-state index in [-0.39, 0.29) is 5.56 Å². The molecule has 0 fully saturated rings. The highest BCUT2D eigenvalue weighted by Gasteiger charge is 2.09. The Kier molecular flexibility index (Phi) is 4.98. The maximum atomic E-state index is 11.9. The highest BCUT2D eigenvalue weighted by molar-refractivity contribution is 9.10. The fourth-order valence-corrected chi connectivity index (χ4v) is 2.51. The number of halogens is 2. The molecule has 21 heavy (non-hydrogen) atoms. The number of carboxylic acid groups (broad SMARTS) is 1. The molecule has 2 aromatic carbocycles. The highest BCUT2D eigenvalue weighted by atomic mass is 79.9. The van der Waals surface area contributed by atoms with Gasteiger partial charge in [0.05, 0.1) is 11.3 Å². The summed E-state index contributed by atoms with van der Waals surface area (Å²) in [5, 5.41) is 14.2. The average molecular weight is 414 g/mol. The van der Waals surface area contributed by atoms with E-state index in [1.165, 1.54) is 12.1 Å². The minimum atomic E-state index is -1.06. The summed E-state index contributed by atoms with van der Waals surface area (Å²) in [4.78, 5) is 22.9. The van der Waals surface area contributed by atoms with Crippen LogP contribution in [0.1, 0.15) is 10.4 Å². The lowest BCUT2D eigenvalue weighted by atomic mass is 10.2. The molecule has 0 bridgehead atoms. The van der Waals surface area contributed by atoms with Crippen molar-refractivity contribution in [3.05, 3.63) is 57.0 Å². The van der Waals surface area contributed by atoms with Crippen LogP contribution in [0.25, 0.3) is 0 Å². The van der Waals surface area contributed by atoms with Gasteiger partial charge in [0.25, 0.3) is 0 Å². The van der Waals surface area contributed by atoms with Crippen LogP contribution in [0.3, 0.4) is 0 Å². The van der Waals surface area contributed by atoms with Crippen LogP contribution < -0.4 is 10.6 Å². The molecule has 0 aliphatic rings. The minimum Gasteiger partial charge on any atom is -0.478 e. The quantitative estimate of drug-likeness (QED) is 0.690. The van der Waals surface area contributed by atoms with Crippen LogP contribution in [0.5, 0.6) is 0 Å². The number of carboxylic acids is 1. The summed E-state index contributed by atoms with van der Waals surface area (Å²) in [6, 6.07) is 11.2. The lowest BCUT2D eigenvalue weighted by molar-refractivity contribution is 0.0697. The van der Waals surface area contributed by atoms with Crippen molar-refractivity contribution in [2.24, 2.45) is 0 Å². The van der Waals surface area contributed by atoms with E-state index in [1.54, 1.807) is 24.3 Å². The predicted octanol–water partition coefficient (Wildman–Crippen LogP) is 4.55. The van der Waals surface area contributed by atoms with E-state index in [0.717, 1.165) is 4.47 Å². The molecule has 0 atom stereocenters. The summed E-state index contributed by atoms with van der Waals surface area (Å²) in [7, 11) is 0. The van der Waals surface area contributed by atoms with E-state index in [0.29, 0.717) is 15.8 Å². The molecule has 108 valence electrons. The maximum absolute atomic E-state index is 11.9. The number of hydrogen-bond donors (Lipinski definition) is 3. The maximum Gasteiger partial charge on any atom is 0.335 e. The van der Waals surface area contributed by atoms with E-state index in [4.69, 9.17) is 5.11 Å². The molecule has 0 aliphatic heterocycles. The first-order valence-electron chi connectivity index (χ1n) is 5.82. The summed E-state index contributed by atoms with van der Waals surface area (Å²) in [5.41, 5.74) is 1.08. The number of rotatable bonds is 3. The molecule has 0 heterocycles. The van der Waals surface area contributed by atoms with Gasteiger partial charge >= 0.3 is 12.0 Å². The van der Waals surface area contributed by atoms with Crippen LogP contribution in [-0.4, -0.2) is 17.1 Å². The van der Waals surface area contributed by atoms with E-state index in [2.05, 4.69) is 42.5 Å². The zero-order chi connectivity index (χ0) is 15.4. The molecule has 0 spiro atoms. The number of carbonyl (C=O) groups excluding carboxylic acids is 1. The Bertz CT molecular complexity index is 704. The molecule has 5 nitrogen and oxygen atoms in total. The molecule has 0 radical (unpaired) electrons. The van der Waals surface area contributed by atoms with Crippen LogP contribution in [0.15, 0.2) is 51.4 Å². The van der Waals surface area contributed by atoms with Gasteiger partial charge in [-0.3, -0.25) is 0 Å². The fourth-order valence-electron chi connectivity index (χ4n) is 1.63. The van der Waals surface area contributed by atoms with Gasteiger partial charge in [-0.15, -0.1) is 0 Å². The molecule has 0 saturated carbocycles. The monoisotopic (exact) mass is 412 g/mol. The molecule has 2 aromatic rings.